The lowest BCUT2D eigenvalue weighted by atomic mass is 9.78. The highest BCUT2D eigenvalue weighted by atomic mass is 19.1. The molecule has 0 bridgehead atoms. The molecule has 0 saturated carbocycles. The molecule has 2 aromatic heterocycles. The van der Waals surface area contributed by atoms with Crippen LogP contribution >= 0.6 is 0 Å². The Balaban J connectivity index is 1.46. The molecule has 37 heavy (non-hydrogen) atoms. The van der Waals surface area contributed by atoms with Crippen molar-refractivity contribution >= 4 is 24.1 Å². The Morgan fingerprint density at radius 1 is 1.05 bits per heavy atom. The van der Waals surface area contributed by atoms with Crippen LogP contribution in [0.1, 0.15) is 70.1 Å². The number of halogens is 1. The number of benzene rings is 1. The van der Waals surface area contributed by atoms with E-state index in [-0.39, 0.29) is 5.91 Å². The number of aryl methyl sites for hydroxylation is 1. The second-order valence-corrected chi connectivity index (χ2v) is 11.0. The summed E-state index contributed by atoms with van der Waals surface area (Å²) in [7, 11) is 1.30. The summed E-state index contributed by atoms with van der Waals surface area (Å²) in [6.45, 7) is 11.4. The first kappa shape index (κ1) is 25.8. The fourth-order valence-electron chi connectivity index (χ4n) is 4.85. The molecule has 5 rings (SSSR count). The molecule has 3 aromatic rings. The van der Waals surface area contributed by atoms with Crippen LogP contribution in [-0.4, -0.2) is 69.0 Å². The van der Waals surface area contributed by atoms with Crippen LogP contribution in [0.3, 0.4) is 0 Å². The van der Waals surface area contributed by atoms with E-state index in [9.17, 15) is 4.79 Å². The van der Waals surface area contributed by atoms with Crippen molar-refractivity contribution in [2.75, 3.05) is 20.1 Å². The van der Waals surface area contributed by atoms with Crippen LogP contribution in [-0.2, 0) is 15.7 Å². The Bertz CT molecular complexity index is 1330. The Morgan fingerprint density at radius 2 is 1.76 bits per heavy atom. The van der Waals surface area contributed by atoms with Crippen molar-refractivity contribution in [2.24, 2.45) is 0 Å². The Morgan fingerprint density at radius 3 is 2.43 bits per heavy atom. The van der Waals surface area contributed by atoms with E-state index < -0.39 is 24.1 Å². The van der Waals surface area contributed by atoms with Crippen molar-refractivity contribution in [1.82, 2.24) is 24.6 Å². The molecule has 2 aliphatic heterocycles. The summed E-state index contributed by atoms with van der Waals surface area (Å²) in [5.41, 5.74) is 2.15. The van der Waals surface area contributed by atoms with Crippen molar-refractivity contribution < 1.29 is 18.5 Å². The van der Waals surface area contributed by atoms with Gasteiger partial charge in [0.2, 0.25) is 0 Å². The van der Waals surface area contributed by atoms with Gasteiger partial charge in [0.05, 0.1) is 16.9 Å². The number of hydrogen-bond donors (Lipinski definition) is 0. The van der Waals surface area contributed by atoms with E-state index in [1.165, 1.54) is 6.07 Å². The van der Waals surface area contributed by atoms with Crippen molar-refractivity contribution in [3.63, 3.8) is 0 Å². The molecule has 0 spiro atoms. The molecule has 1 aromatic carbocycles. The van der Waals surface area contributed by atoms with Gasteiger partial charge in [0, 0.05) is 37.5 Å². The highest BCUT2D eigenvalue weighted by molar-refractivity contribution is 6.62. The van der Waals surface area contributed by atoms with E-state index in [1.807, 2.05) is 52.7 Å². The zero-order valence-electron chi connectivity index (χ0n) is 22.5. The number of nitrogens with zero attached hydrogens (tertiary/aromatic N) is 5. The zero-order chi connectivity index (χ0) is 26.5. The summed E-state index contributed by atoms with van der Waals surface area (Å²) >= 11 is 0. The highest BCUT2D eigenvalue weighted by Gasteiger charge is 2.51. The third-order valence-electron chi connectivity index (χ3n) is 7.88. The van der Waals surface area contributed by atoms with Crippen LogP contribution in [0.2, 0.25) is 0 Å². The number of carbonyl (C=O) groups is 1. The van der Waals surface area contributed by atoms with Gasteiger partial charge in [-0.25, -0.2) is 18.9 Å². The number of hydrazine groups is 1. The maximum absolute atomic E-state index is 15.4. The van der Waals surface area contributed by atoms with Gasteiger partial charge in [0.1, 0.15) is 11.5 Å². The number of rotatable bonds is 4. The summed E-state index contributed by atoms with van der Waals surface area (Å²) in [4.78, 5) is 18.0. The predicted molar refractivity (Wildman–Crippen MR) is 141 cm³/mol. The van der Waals surface area contributed by atoms with Gasteiger partial charge in [-0.1, -0.05) is 25.5 Å². The summed E-state index contributed by atoms with van der Waals surface area (Å²) in [6, 6.07) is 8.47. The number of fused-ring (bicyclic) bond motifs is 1. The second kappa shape index (κ2) is 9.49. The van der Waals surface area contributed by atoms with Gasteiger partial charge in [0.15, 0.2) is 5.65 Å². The first-order valence-corrected chi connectivity index (χ1v) is 13.1. The average Bonchev–Trinajstić information content (AvgIpc) is 3.27. The highest BCUT2D eigenvalue weighted by Crippen LogP contribution is 2.36. The SMILES string of the molecule is CCc1cc(C(=O)N2CCCCCN2C)nc2cc(-c3ccc(B4OC(C)(C)C(C)(C)O4)cc3F)nn12. The largest absolute Gasteiger partial charge is 0.494 e. The van der Waals surface area contributed by atoms with Gasteiger partial charge in [-0.05, 0) is 64.6 Å². The van der Waals surface area contributed by atoms with E-state index in [1.54, 1.807) is 27.7 Å². The Labute approximate surface area is 217 Å². The molecule has 8 nitrogen and oxygen atoms in total. The fraction of sp³-hybridized carbons (Fsp3) is 0.519. The smallest absolute Gasteiger partial charge is 0.399 e. The van der Waals surface area contributed by atoms with Crippen LogP contribution in [0.5, 0.6) is 0 Å². The first-order chi connectivity index (χ1) is 17.5. The van der Waals surface area contributed by atoms with Gasteiger partial charge in [-0.3, -0.25) is 9.80 Å². The summed E-state index contributed by atoms with van der Waals surface area (Å²) in [6.07, 6.45) is 3.79. The summed E-state index contributed by atoms with van der Waals surface area (Å²) in [5.74, 6) is -0.543. The molecule has 2 fully saturated rings. The van der Waals surface area contributed by atoms with Gasteiger partial charge in [-0.2, -0.15) is 5.10 Å². The maximum Gasteiger partial charge on any atom is 0.494 e. The van der Waals surface area contributed by atoms with Crippen molar-refractivity contribution in [1.29, 1.82) is 0 Å². The van der Waals surface area contributed by atoms with E-state index in [0.717, 1.165) is 31.5 Å². The minimum atomic E-state index is -0.645. The molecule has 4 heterocycles. The lowest BCUT2D eigenvalue weighted by Gasteiger charge is -2.32. The molecule has 0 atom stereocenters. The molecule has 0 radical (unpaired) electrons. The lowest BCUT2D eigenvalue weighted by molar-refractivity contribution is 0.00578. The third kappa shape index (κ3) is 4.66. The summed E-state index contributed by atoms with van der Waals surface area (Å²) < 4.78 is 29.2. The molecule has 0 unspecified atom stereocenters. The number of hydrogen-bond acceptors (Lipinski definition) is 6. The van der Waals surface area contributed by atoms with Crippen molar-refractivity contribution in [2.45, 2.75) is 71.5 Å². The van der Waals surface area contributed by atoms with Gasteiger partial charge >= 0.3 is 7.12 Å². The monoisotopic (exact) mass is 507 g/mol. The van der Waals surface area contributed by atoms with Crippen molar-refractivity contribution in [3.05, 3.63) is 47.5 Å². The average molecular weight is 507 g/mol. The lowest BCUT2D eigenvalue weighted by Crippen LogP contribution is -2.44. The van der Waals surface area contributed by atoms with E-state index >= 15 is 4.39 Å². The van der Waals surface area contributed by atoms with Crippen LogP contribution in [0.4, 0.5) is 4.39 Å². The fourth-order valence-corrected chi connectivity index (χ4v) is 4.85. The molecule has 10 heteroatoms. The van der Waals surface area contributed by atoms with E-state index in [2.05, 4.69) is 10.1 Å². The van der Waals surface area contributed by atoms with Crippen LogP contribution in [0.25, 0.3) is 16.9 Å². The predicted octanol–water partition coefficient (Wildman–Crippen LogP) is 3.87. The Hall–Kier alpha value is -2.82. The van der Waals surface area contributed by atoms with Crippen LogP contribution in [0, 0.1) is 5.82 Å². The normalized spacial score (nSPS) is 20.0. The molecule has 2 aliphatic rings. The number of amides is 1. The van der Waals surface area contributed by atoms with E-state index in [0.29, 0.717) is 41.0 Å². The summed E-state index contributed by atoms with van der Waals surface area (Å²) in [5, 5.41) is 8.40. The standard InChI is InChI=1S/C27H35BFN5O3/c1-7-19-16-23(25(35)33-14-10-8-9-13-32(33)6)30-24-17-22(31-34(19)24)20-12-11-18(15-21(20)29)28-36-26(2,3)27(4,5)37-28/h11-12,15-17H,7-10,13-14H2,1-6H3. The number of carbonyl (C=O) groups excluding carboxylic acids is 1. The third-order valence-corrected chi connectivity index (χ3v) is 7.88. The van der Waals surface area contributed by atoms with Crippen LogP contribution < -0.4 is 5.46 Å². The molecule has 1 amide bonds. The molecular weight excluding hydrogens is 472 g/mol. The molecule has 196 valence electrons. The minimum Gasteiger partial charge on any atom is -0.399 e. The van der Waals surface area contributed by atoms with E-state index in [4.69, 9.17) is 9.31 Å². The second-order valence-electron chi connectivity index (χ2n) is 11.0. The molecular formula is C27H35BFN5O3. The quantitative estimate of drug-likeness (QED) is 0.500. The maximum atomic E-state index is 15.4. The topological polar surface area (TPSA) is 72.2 Å². The van der Waals surface area contributed by atoms with Crippen molar-refractivity contribution in [3.8, 4) is 11.3 Å². The number of aromatic nitrogens is 3. The molecule has 2 saturated heterocycles. The van der Waals surface area contributed by atoms with Gasteiger partial charge in [0.25, 0.3) is 5.91 Å². The van der Waals surface area contributed by atoms with Gasteiger partial charge in [-0.15, -0.1) is 0 Å². The zero-order valence-corrected chi connectivity index (χ0v) is 22.5. The van der Waals surface area contributed by atoms with Gasteiger partial charge < -0.3 is 9.31 Å². The van der Waals surface area contributed by atoms with Crippen LogP contribution in [0.15, 0.2) is 30.3 Å². The molecule has 0 aliphatic carbocycles. The first-order valence-electron chi connectivity index (χ1n) is 13.1. The Kier molecular flexibility index (Phi) is 6.62. The molecule has 0 N–H and O–H groups in total. The minimum absolute atomic E-state index is 0.123.